The summed E-state index contributed by atoms with van der Waals surface area (Å²) in [4.78, 5) is 32.4. The Balaban J connectivity index is 1.65. The van der Waals surface area contributed by atoms with Crippen LogP contribution in [0.25, 0.3) is 5.69 Å². The molecular weight excluding hydrogens is 512 g/mol. The molecule has 6 nitrogen and oxygen atoms in total. The molecule has 5 rings (SSSR count). The van der Waals surface area contributed by atoms with Crippen molar-refractivity contribution in [2.45, 2.75) is 32.4 Å². The molecule has 39 heavy (non-hydrogen) atoms. The van der Waals surface area contributed by atoms with Gasteiger partial charge < -0.3 is 0 Å². The lowest BCUT2D eigenvalue weighted by atomic mass is 9.74. The molecule has 0 unspecified atom stereocenters. The van der Waals surface area contributed by atoms with E-state index in [0.29, 0.717) is 22.6 Å². The van der Waals surface area contributed by atoms with E-state index in [9.17, 15) is 27.2 Å². The van der Waals surface area contributed by atoms with Crippen LogP contribution in [0.15, 0.2) is 72.8 Å². The van der Waals surface area contributed by atoms with Crippen LogP contribution in [-0.2, 0) is 11.0 Å². The Bertz CT molecular complexity index is 1530. The van der Waals surface area contributed by atoms with Gasteiger partial charge in [-0.3, -0.25) is 14.5 Å². The molecule has 2 atom stereocenters. The fraction of sp³-hybridized carbons (Fsp3) is 0.241. The monoisotopic (exact) mass is 536 g/mol. The van der Waals surface area contributed by atoms with E-state index in [1.165, 1.54) is 18.2 Å². The van der Waals surface area contributed by atoms with Gasteiger partial charge in [0.2, 0.25) is 5.91 Å². The summed E-state index contributed by atoms with van der Waals surface area (Å²) >= 11 is 0. The number of amides is 1. The van der Waals surface area contributed by atoms with E-state index in [4.69, 9.17) is 5.10 Å². The van der Waals surface area contributed by atoms with Crippen LogP contribution in [0.5, 0.6) is 0 Å². The molecule has 200 valence electrons. The molecule has 0 bridgehead atoms. The van der Waals surface area contributed by atoms with Crippen LogP contribution in [0, 0.1) is 18.7 Å². The molecule has 1 amide bonds. The summed E-state index contributed by atoms with van der Waals surface area (Å²) in [5, 5.41) is 4.73. The Morgan fingerprint density at radius 3 is 2.31 bits per heavy atom. The first kappa shape index (κ1) is 26.3. The number of anilines is 1. The van der Waals surface area contributed by atoms with Crippen molar-refractivity contribution in [3.63, 3.8) is 0 Å². The number of carbonyl (C=O) groups is 2. The van der Waals surface area contributed by atoms with Crippen molar-refractivity contribution in [3.8, 4) is 5.69 Å². The van der Waals surface area contributed by atoms with E-state index in [0.717, 1.165) is 17.8 Å². The Hall–Kier alpha value is -4.34. The normalized spacial score (nSPS) is 17.3. The van der Waals surface area contributed by atoms with Gasteiger partial charge in [-0.1, -0.05) is 36.4 Å². The molecule has 0 radical (unpaired) electrons. The summed E-state index contributed by atoms with van der Waals surface area (Å²) in [7, 11) is 0. The quantitative estimate of drug-likeness (QED) is 0.220. The molecule has 0 aliphatic carbocycles. The number of hydrogen-bond acceptors (Lipinski definition) is 4. The third-order valence-corrected chi connectivity index (χ3v) is 6.91. The fourth-order valence-corrected chi connectivity index (χ4v) is 5.18. The van der Waals surface area contributed by atoms with Gasteiger partial charge in [0, 0.05) is 24.4 Å². The average molecular weight is 537 g/mol. The zero-order valence-corrected chi connectivity index (χ0v) is 21.1. The van der Waals surface area contributed by atoms with Crippen LogP contribution >= 0.6 is 0 Å². The van der Waals surface area contributed by atoms with Crippen molar-refractivity contribution >= 4 is 17.5 Å². The lowest BCUT2D eigenvalue weighted by molar-refractivity contribution is -0.141. The van der Waals surface area contributed by atoms with Crippen molar-refractivity contribution in [3.05, 3.63) is 107 Å². The van der Waals surface area contributed by atoms with Gasteiger partial charge in [0.05, 0.1) is 17.3 Å². The van der Waals surface area contributed by atoms with Gasteiger partial charge in [-0.2, -0.15) is 18.3 Å². The number of pyridine rings is 1. The first-order chi connectivity index (χ1) is 18.6. The summed E-state index contributed by atoms with van der Waals surface area (Å²) in [5.74, 6) is -2.66. The number of aromatic nitrogens is 3. The molecular formula is C29H24F4N4O2. The molecule has 0 saturated heterocycles. The number of alkyl halides is 3. The van der Waals surface area contributed by atoms with Crippen LogP contribution in [-0.4, -0.2) is 33.0 Å². The summed E-state index contributed by atoms with van der Waals surface area (Å²) in [6, 6.07) is 18.0. The van der Waals surface area contributed by atoms with Crippen molar-refractivity contribution in [2.75, 3.05) is 11.4 Å². The summed E-state index contributed by atoms with van der Waals surface area (Å²) < 4.78 is 55.3. The predicted octanol–water partition coefficient (Wildman–Crippen LogP) is 6.12. The van der Waals surface area contributed by atoms with Gasteiger partial charge in [0.1, 0.15) is 23.0 Å². The van der Waals surface area contributed by atoms with E-state index in [-0.39, 0.29) is 24.6 Å². The summed E-state index contributed by atoms with van der Waals surface area (Å²) in [6.07, 6.45) is -5.11. The molecule has 0 saturated carbocycles. The number of benzene rings is 2. The van der Waals surface area contributed by atoms with Crippen LogP contribution in [0.3, 0.4) is 0 Å². The van der Waals surface area contributed by atoms with Crippen LogP contribution in [0.4, 0.5) is 23.4 Å². The smallest absolute Gasteiger partial charge is 0.296 e. The Morgan fingerprint density at radius 1 is 0.974 bits per heavy atom. The highest BCUT2D eigenvalue weighted by Gasteiger charge is 2.45. The van der Waals surface area contributed by atoms with Crippen molar-refractivity contribution in [1.82, 2.24) is 14.8 Å². The van der Waals surface area contributed by atoms with Gasteiger partial charge >= 0.3 is 6.18 Å². The Kier molecular flexibility index (Phi) is 6.80. The number of nitrogens with zero attached hydrogens (tertiary/aromatic N) is 4. The van der Waals surface area contributed by atoms with E-state index < -0.39 is 35.3 Å². The second-order valence-electron chi connectivity index (χ2n) is 9.32. The largest absolute Gasteiger partial charge is 0.433 e. The number of rotatable bonds is 6. The second kappa shape index (κ2) is 10.1. The van der Waals surface area contributed by atoms with Gasteiger partial charge in [0.25, 0.3) is 0 Å². The van der Waals surface area contributed by atoms with E-state index in [2.05, 4.69) is 4.98 Å². The predicted molar refractivity (Wildman–Crippen MR) is 136 cm³/mol. The van der Waals surface area contributed by atoms with Crippen molar-refractivity contribution in [1.29, 1.82) is 0 Å². The van der Waals surface area contributed by atoms with Gasteiger partial charge in [0.15, 0.2) is 5.78 Å². The van der Waals surface area contributed by atoms with Gasteiger partial charge in [-0.25, -0.2) is 14.1 Å². The number of aryl methyl sites for hydroxylation is 1. The lowest BCUT2D eigenvalue weighted by Gasteiger charge is -2.38. The molecule has 0 N–H and O–H groups in total. The first-order valence-electron chi connectivity index (χ1n) is 12.4. The maximum absolute atomic E-state index is 14.0. The minimum absolute atomic E-state index is 0.270. The maximum atomic E-state index is 14.0. The van der Waals surface area contributed by atoms with Crippen LogP contribution in [0.1, 0.15) is 52.3 Å². The number of carbonyl (C=O) groups excluding carboxylic acids is 2. The maximum Gasteiger partial charge on any atom is 0.433 e. The van der Waals surface area contributed by atoms with Crippen LogP contribution in [0.2, 0.25) is 0 Å². The molecule has 1 aliphatic heterocycles. The fourth-order valence-electron chi connectivity index (χ4n) is 5.18. The molecule has 2 aromatic carbocycles. The zero-order chi connectivity index (χ0) is 27.9. The number of Topliss-reactive ketones (excluding diaryl/α,β-unsaturated/α-hetero) is 1. The SMILES string of the molecule is CCN1C(=O)[C@@H](CC(=O)c2cccc(C(F)(F)F)n2)[C@@H](c2ccc(F)cc2)c2c(C)nn(-c3ccccc3)c21. The van der Waals surface area contributed by atoms with Crippen molar-refractivity contribution < 1.29 is 27.2 Å². The molecule has 0 spiro atoms. The van der Waals surface area contributed by atoms with E-state index >= 15 is 0 Å². The van der Waals surface area contributed by atoms with Gasteiger partial charge in [-0.15, -0.1) is 0 Å². The first-order valence-corrected chi connectivity index (χ1v) is 12.4. The number of hydrogen-bond donors (Lipinski definition) is 0. The number of ketones is 1. The highest BCUT2D eigenvalue weighted by molar-refractivity contribution is 6.04. The molecule has 10 heteroatoms. The van der Waals surface area contributed by atoms with E-state index in [1.807, 2.05) is 30.3 Å². The Labute approximate surface area is 221 Å². The summed E-state index contributed by atoms with van der Waals surface area (Å²) in [5.41, 5.74) is 1.07. The number of para-hydroxylation sites is 1. The minimum atomic E-state index is -4.72. The summed E-state index contributed by atoms with van der Waals surface area (Å²) in [6.45, 7) is 3.86. The third-order valence-electron chi connectivity index (χ3n) is 6.91. The Morgan fingerprint density at radius 2 is 1.67 bits per heavy atom. The topological polar surface area (TPSA) is 68.1 Å². The highest BCUT2D eigenvalue weighted by atomic mass is 19.4. The number of fused-ring (bicyclic) bond motifs is 1. The molecule has 3 heterocycles. The minimum Gasteiger partial charge on any atom is -0.296 e. The highest BCUT2D eigenvalue weighted by Crippen LogP contribution is 2.47. The van der Waals surface area contributed by atoms with Crippen molar-refractivity contribution in [2.24, 2.45) is 5.92 Å². The zero-order valence-electron chi connectivity index (χ0n) is 21.1. The average Bonchev–Trinajstić information content (AvgIpc) is 3.26. The molecule has 0 fully saturated rings. The molecule has 2 aromatic heterocycles. The van der Waals surface area contributed by atoms with E-state index in [1.54, 1.807) is 35.6 Å². The number of halogens is 4. The van der Waals surface area contributed by atoms with Crippen LogP contribution < -0.4 is 4.90 Å². The lowest BCUT2D eigenvalue weighted by Crippen LogP contribution is -2.45. The molecule has 1 aliphatic rings. The standard InChI is InChI=1S/C29H24F4N4O2/c1-3-36-27-25(17(2)35-37(27)20-8-5-4-6-9-20)26(18-12-14-19(30)15-13-18)21(28(36)39)16-23(38)22-10-7-11-24(34-22)29(31,32)33/h4-15,21,26H,3,16H2,1-2H3/t21-,26+/m0/s1. The third kappa shape index (κ3) is 4.82. The second-order valence-corrected chi connectivity index (χ2v) is 9.32. The molecule has 4 aromatic rings. The van der Waals surface area contributed by atoms with Gasteiger partial charge in [-0.05, 0) is 55.8 Å².